The van der Waals surface area contributed by atoms with Crippen molar-refractivity contribution in [1.29, 1.82) is 0 Å². The number of ether oxygens (including phenoxy) is 6. The molecule has 3 fully saturated rings. The molecular formula is C53H85NO19. The van der Waals surface area contributed by atoms with Crippen molar-refractivity contribution in [3.05, 3.63) is 72.9 Å². The number of cyclic esters (lactones) is 1. The van der Waals surface area contributed by atoms with E-state index in [-0.39, 0.29) is 50.9 Å². The number of carbonyl (C=O) groups excluding carboxylic acids is 1. The molecule has 2 bridgehead atoms. The van der Waals surface area contributed by atoms with Crippen LogP contribution in [0.3, 0.4) is 0 Å². The SMILES string of the molecule is CC1/C=C/C=C/CC/C=C/C=C/C=C/C=C/C(O[C@@H]2O[C@H](C)[C@@H](O)[C@H](N)[C@@H]2O)CC2OC(O)(CC(O)CCCC(O)CC(O)CC(O)CC(=O)OC(C)C(C)C1OC1C[C@@H](O)[C@@H](O)[C@H](C)O1)CC(O)C2C(=O)O. The minimum Gasteiger partial charge on any atom is -0.481 e. The van der Waals surface area contributed by atoms with Gasteiger partial charge in [-0.05, 0) is 65.7 Å². The summed E-state index contributed by atoms with van der Waals surface area (Å²) in [6, 6.07) is -1.13. The molecule has 20 heteroatoms. The predicted octanol–water partition coefficient (Wildman–Crippen LogP) is 1.85. The van der Waals surface area contributed by atoms with Crippen molar-refractivity contribution in [2.75, 3.05) is 0 Å². The van der Waals surface area contributed by atoms with E-state index < -0.39 is 159 Å². The van der Waals surface area contributed by atoms with Gasteiger partial charge in [0.1, 0.15) is 24.2 Å². The number of allylic oxidation sites excluding steroid dienone is 10. The number of esters is 1. The Morgan fingerprint density at radius 1 is 0.658 bits per heavy atom. The maximum atomic E-state index is 13.1. The summed E-state index contributed by atoms with van der Waals surface area (Å²) in [5.41, 5.74) is 6.05. The van der Waals surface area contributed by atoms with Crippen LogP contribution in [-0.2, 0) is 38.0 Å². The predicted molar refractivity (Wildman–Crippen MR) is 266 cm³/mol. The lowest BCUT2D eigenvalue weighted by atomic mass is 9.83. The fraction of sp³-hybridized carbons (Fsp3) is 0.736. The topological polar surface area (TPSA) is 338 Å². The van der Waals surface area contributed by atoms with E-state index in [0.29, 0.717) is 0 Å². The number of hydrogen-bond acceptors (Lipinski definition) is 19. The van der Waals surface area contributed by atoms with Gasteiger partial charge in [0.05, 0.1) is 85.7 Å². The van der Waals surface area contributed by atoms with Crippen LogP contribution in [0.4, 0.5) is 0 Å². The molecule has 22 atom stereocenters. The molecule has 0 aromatic carbocycles. The summed E-state index contributed by atoms with van der Waals surface area (Å²) in [5.74, 6) is -6.50. The molecule has 0 aromatic rings. The molecule has 0 radical (unpaired) electrons. The van der Waals surface area contributed by atoms with Crippen molar-refractivity contribution in [2.24, 2.45) is 23.5 Å². The van der Waals surface area contributed by atoms with Crippen molar-refractivity contribution in [3.8, 4) is 0 Å². The molecule has 73 heavy (non-hydrogen) atoms. The Balaban J connectivity index is 1.53. The van der Waals surface area contributed by atoms with E-state index in [4.69, 9.17) is 34.2 Å². The Labute approximate surface area is 429 Å². The second-order valence-electron chi connectivity index (χ2n) is 20.4. The number of fused-ring (bicyclic) bond motifs is 2. The smallest absolute Gasteiger partial charge is 0.311 e. The largest absolute Gasteiger partial charge is 0.481 e. The van der Waals surface area contributed by atoms with E-state index in [2.05, 4.69) is 0 Å². The third-order valence-electron chi connectivity index (χ3n) is 14.0. The highest BCUT2D eigenvalue weighted by molar-refractivity contribution is 5.71. The van der Waals surface area contributed by atoms with Gasteiger partial charge in [-0.3, -0.25) is 9.59 Å². The molecule has 0 saturated carbocycles. The lowest BCUT2D eigenvalue weighted by Crippen LogP contribution is -2.61. The third kappa shape index (κ3) is 20.3. The average molecular weight is 1040 g/mol. The molecule has 0 aromatic heterocycles. The number of carboxylic acids is 1. The fourth-order valence-electron chi connectivity index (χ4n) is 9.67. The third-order valence-corrected chi connectivity index (χ3v) is 14.0. The van der Waals surface area contributed by atoms with E-state index in [9.17, 15) is 65.8 Å². The fourth-order valence-corrected chi connectivity index (χ4v) is 9.67. The summed E-state index contributed by atoms with van der Waals surface area (Å²) in [7, 11) is 0. The lowest BCUT2D eigenvalue weighted by Gasteiger charge is -2.45. The molecule has 0 amide bonds. The average Bonchev–Trinajstić information content (AvgIpc) is 3.29. The number of carbonyl (C=O) groups is 2. The van der Waals surface area contributed by atoms with E-state index in [1.54, 1.807) is 51.2 Å². The molecule has 3 saturated heterocycles. The molecule has 0 aliphatic carbocycles. The quantitative estimate of drug-likeness (QED) is 0.175. The first kappa shape index (κ1) is 62.3. The number of nitrogens with two attached hydrogens (primary N) is 1. The normalized spacial score (nSPS) is 45.9. The first-order valence-electron chi connectivity index (χ1n) is 25.8. The number of carboxylic acid groups (broad SMARTS) is 1. The summed E-state index contributed by atoms with van der Waals surface area (Å²) in [6.07, 6.45) is 2.90. The maximum absolute atomic E-state index is 13.1. The van der Waals surface area contributed by atoms with Crippen molar-refractivity contribution in [2.45, 2.75) is 228 Å². The zero-order chi connectivity index (χ0) is 54.0. The van der Waals surface area contributed by atoms with Gasteiger partial charge in [0.2, 0.25) is 0 Å². The minimum atomic E-state index is -2.19. The number of hydrogen-bond donors (Lipinski definition) is 12. The van der Waals surface area contributed by atoms with E-state index in [1.165, 1.54) is 0 Å². The van der Waals surface area contributed by atoms with E-state index in [1.807, 2.05) is 56.4 Å². The van der Waals surface area contributed by atoms with Gasteiger partial charge in [-0.2, -0.15) is 0 Å². The molecule has 13 N–H and O–H groups in total. The summed E-state index contributed by atoms with van der Waals surface area (Å²) < 4.78 is 35.9. The molecule has 0 spiro atoms. The second-order valence-corrected chi connectivity index (χ2v) is 20.4. The first-order valence-corrected chi connectivity index (χ1v) is 25.8. The van der Waals surface area contributed by atoms with Crippen LogP contribution >= 0.6 is 0 Å². The molecule has 416 valence electrons. The molecule has 4 rings (SSSR count). The van der Waals surface area contributed by atoms with Gasteiger partial charge in [-0.25, -0.2) is 0 Å². The van der Waals surface area contributed by atoms with Crippen molar-refractivity contribution in [3.63, 3.8) is 0 Å². The monoisotopic (exact) mass is 1040 g/mol. The Hall–Kier alpha value is -3.26. The lowest BCUT2D eigenvalue weighted by molar-refractivity contribution is -0.308. The van der Waals surface area contributed by atoms with Crippen LogP contribution in [0.1, 0.15) is 112 Å². The van der Waals surface area contributed by atoms with Gasteiger partial charge in [0.15, 0.2) is 18.4 Å². The van der Waals surface area contributed by atoms with Crippen molar-refractivity contribution in [1.82, 2.24) is 0 Å². The van der Waals surface area contributed by atoms with Crippen LogP contribution in [0.2, 0.25) is 0 Å². The van der Waals surface area contributed by atoms with Crippen LogP contribution in [0, 0.1) is 17.8 Å². The number of aliphatic carboxylic acids is 1. The van der Waals surface area contributed by atoms with Crippen LogP contribution in [0.5, 0.6) is 0 Å². The Bertz CT molecular complexity index is 1830. The number of rotatable bonds is 5. The minimum absolute atomic E-state index is 0.0341. The van der Waals surface area contributed by atoms with Crippen LogP contribution in [0.15, 0.2) is 72.9 Å². The van der Waals surface area contributed by atoms with Gasteiger partial charge >= 0.3 is 11.9 Å². The molecule has 4 aliphatic heterocycles. The zero-order valence-corrected chi connectivity index (χ0v) is 42.8. The molecule has 14 unspecified atom stereocenters. The Morgan fingerprint density at radius 3 is 1.93 bits per heavy atom. The number of aliphatic hydroxyl groups is 10. The van der Waals surface area contributed by atoms with Gasteiger partial charge in [-0.15, -0.1) is 0 Å². The van der Waals surface area contributed by atoms with Crippen molar-refractivity contribution >= 4 is 11.9 Å². The Morgan fingerprint density at radius 2 is 1.26 bits per heavy atom. The molecule has 20 nitrogen and oxygen atoms in total. The zero-order valence-electron chi connectivity index (χ0n) is 42.8. The van der Waals surface area contributed by atoms with Gasteiger partial charge < -0.3 is 90.3 Å². The Kier molecular flexibility index (Phi) is 26.0. The van der Waals surface area contributed by atoms with E-state index >= 15 is 0 Å². The maximum Gasteiger partial charge on any atom is 0.311 e. The standard InChI is InChI=1S/C53H85NO19/c1-30-19-16-14-12-10-8-6-7-9-11-13-15-17-22-39(71-52-49(64)46(54)48(63)34(5)70-52)26-42-45(51(65)66)41(60)29-53(67,73-42)28-36(56)21-18-20-35(55)23-37(57)24-38(58)25-43(61)68-32(3)31(2)50(30)72-44-27-40(59)47(62)33(4)69-44/h6-7,9,11-17,19,22,30-42,44-50,52,55-60,62-64,67H,8,10,18,20-21,23-29,54H2,1-5H3,(H,65,66)/b7-6+,11-9+,14-12+,15-13+,19-16+,22-17+/t30?,31?,32?,33-,34+,35?,36?,37?,38?,39?,40+,41?,42?,44?,45?,46-,47-,48+,49-,50?,52-,53?/m0/s1. The van der Waals surface area contributed by atoms with E-state index in [0.717, 1.165) is 12.8 Å². The van der Waals surface area contributed by atoms with Crippen LogP contribution in [-0.4, -0.2) is 184 Å². The summed E-state index contributed by atoms with van der Waals surface area (Å²) in [4.78, 5) is 25.6. The molecule has 4 heterocycles. The number of aliphatic hydroxyl groups excluding tert-OH is 9. The molecular weight excluding hydrogens is 955 g/mol. The van der Waals surface area contributed by atoms with Gasteiger partial charge in [0.25, 0.3) is 0 Å². The van der Waals surface area contributed by atoms with Crippen molar-refractivity contribution < 1.29 is 94.2 Å². The highest BCUT2D eigenvalue weighted by Crippen LogP contribution is 2.38. The highest BCUT2D eigenvalue weighted by atomic mass is 16.7. The summed E-state index contributed by atoms with van der Waals surface area (Å²) >= 11 is 0. The molecule has 4 aliphatic rings. The highest BCUT2D eigenvalue weighted by Gasteiger charge is 2.51. The van der Waals surface area contributed by atoms with Gasteiger partial charge in [0, 0.05) is 37.5 Å². The summed E-state index contributed by atoms with van der Waals surface area (Å²) in [5, 5.41) is 118. The van der Waals surface area contributed by atoms with Crippen LogP contribution in [0.25, 0.3) is 0 Å². The van der Waals surface area contributed by atoms with Gasteiger partial charge in [-0.1, -0.05) is 86.8 Å². The van der Waals surface area contributed by atoms with Crippen LogP contribution < -0.4 is 5.73 Å². The summed E-state index contributed by atoms with van der Waals surface area (Å²) in [6.45, 7) is 8.69. The second kappa shape index (κ2) is 30.5. The first-order chi connectivity index (χ1) is 34.5.